The largest absolute Gasteiger partial charge is 0.573 e. The molecule has 0 radical (unpaired) electrons. The van der Waals surface area contributed by atoms with E-state index in [1.54, 1.807) is 12.1 Å². The van der Waals surface area contributed by atoms with Gasteiger partial charge >= 0.3 is 6.36 Å². The number of para-hydroxylation sites is 1. The molecule has 0 bridgehead atoms. The van der Waals surface area contributed by atoms with Crippen molar-refractivity contribution in [1.29, 1.82) is 0 Å². The van der Waals surface area contributed by atoms with Crippen LogP contribution in [-0.4, -0.2) is 49.2 Å². The van der Waals surface area contributed by atoms with Crippen molar-refractivity contribution in [2.45, 2.75) is 26.3 Å². The standard InChI is InChI=1S/C16H23F3N2O2.ClH/c1-15(2,11-22)14(21-9-7-20-8-10-21)12-5-3-4-6-13(12)23-16(17,18)19;/h3-6,14,20,22H,7-11H2,1-2H3;1H/t14-;/m0./s1. The Labute approximate surface area is 146 Å². The normalized spacial score (nSPS) is 17.9. The second-order valence-corrected chi connectivity index (χ2v) is 6.42. The molecule has 0 amide bonds. The van der Waals surface area contributed by atoms with Gasteiger partial charge < -0.3 is 15.2 Å². The Morgan fingerprint density at radius 3 is 2.33 bits per heavy atom. The van der Waals surface area contributed by atoms with Gasteiger partial charge in [0.15, 0.2) is 0 Å². The summed E-state index contributed by atoms with van der Waals surface area (Å²) in [7, 11) is 0. The minimum atomic E-state index is -4.74. The SMILES string of the molecule is CC(C)(CO)[C@H](c1ccccc1OC(F)(F)F)N1CCNCC1.Cl. The Bertz CT molecular complexity index is 520. The molecule has 1 fully saturated rings. The molecule has 1 saturated heterocycles. The second kappa shape index (κ2) is 8.38. The molecule has 24 heavy (non-hydrogen) atoms. The number of piperazine rings is 1. The molecule has 2 N–H and O–H groups in total. The molecule has 8 heteroatoms. The summed E-state index contributed by atoms with van der Waals surface area (Å²) in [5, 5.41) is 13.0. The first-order chi connectivity index (χ1) is 10.7. The quantitative estimate of drug-likeness (QED) is 0.838. The molecule has 1 aliphatic heterocycles. The van der Waals surface area contributed by atoms with Crippen molar-refractivity contribution < 1.29 is 23.0 Å². The molecule has 0 unspecified atom stereocenters. The summed E-state index contributed by atoms with van der Waals surface area (Å²) < 4.78 is 42.4. The highest BCUT2D eigenvalue weighted by molar-refractivity contribution is 5.85. The zero-order chi connectivity index (χ0) is 17.1. The fraction of sp³-hybridized carbons (Fsp3) is 0.625. The molecule has 0 spiro atoms. The summed E-state index contributed by atoms with van der Waals surface area (Å²) in [5.41, 5.74) is -0.159. The number of nitrogens with one attached hydrogen (secondary N) is 1. The number of aliphatic hydroxyl groups is 1. The van der Waals surface area contributed by atoms with E-state index in [9.17, 15) is 18.3 Å². The molecule has 1 aromatic carbocycles. The molecule has 0 saturated carbocycles. The van der Waals surface area contributed by atoms with Gasteiger partial charge in [-0.15, -0.1) is 25.6 Å². The lowest BCUT2D eigenvalue weighted by atomic mass is 9.79. The van der Waals surface area contributed by atoms with Crippen LogP contribution in [0.25, 0.3) is 0 Å². The van der Waals surface area contributed by atoms with Gasteiger partial charge in [0.1, 0.15) is 5.75 Å². The van der Waals surface area contributed by atoms with Crippen LogP contribution in [0.15, 0.2) is 24.3 Å². The van der Waals surface area contributed by atoms with Crippen LogP contribution >= 0.6 is 12.4 Å². The third-order valence-electron chi connectivity index (χ3n) is 4.10. The van der Waals surface area contributed by atoms with E-state index >= 15 is 0 Å². The van der Waals surface area contributed by atoms with Crippen LogP contribution < -0.4 is 10.1 Å². The van der Waals surface area contributed by atoms with Crippen molar-refractivity contribution in [3.63, 3.8) is 0 Å². The van der Waals surface area contributed by atoms with Gasteiger partial charge in [-0.1, -0.05) is 32.0 Å². The van der Waals surface area contributed by atoms with Crippen LogP contribution in [0.4, 0.5) is 13.2 Å². The molecule has 0 aliphatic carbocycles. The third kappa shape index (κ3) is 5.24. The van der Waals surface area contributed by atoms with E-state index in [1.165, 1.54) is 12.1 Å². The van der Waals surface area contributed by atoms with E-state index in [-0.39, 0.29) is 30.8 Å². The van der Waals surface area contributed by atoms with E-state index in [0.29, 0.717) is 18.7 Å². The molecule has 1 atom stereocenters. The van der Waals surface area contributed by atoms with Gasteiger partial charge in [-0.3, -0.25) is 4.90 Å². The molecule has 1 heterocycles. The monoisotopic (exact) mass is 368 g/mol. The number of aliphatic hydroxyl groups excluding tert-OH is 1. The van der Waals surface area contributed by atoms with E-state index in [2.05, 4.69) is 15.0 Å². The third-order valence-corrected chi connectivity index (χ3v) is 4.10. The maximum absolute atomic E-state index is 12.7. The van der Waals surface area contributed by atoms with E-state index in [4.69, 9.17) is 0 Å². The van der Waals surface area contributed by atoms with Crippen LogP contribution in [0.1, 0.15) is 25.5 Å². The van der Waals surface area contributed by atoms with Gasteiger partial charge in [0.2, 0.25) is 0 Å². The molecule has 4 nitrogen and oxygen atoms in total. The molecule has 1 aromatic rings. The van der Waals surface area contributed by atoms with E-state index in [0.717, 1.165) is 13.1 Å². The van der Waals surface area contributed by atoms with Gasteiger partial charge in [0.25, 0.3) is 0 Å². The van der Waals surface area contributed by atoms with E-state index in [1.807, 2.05) is 13.8 Å². The number of alkyl halides is 3. The topological polar surface area (TPSA) is 44.7 Å². The minimum absolute atomic E-state index is 0. The predicted octanol–water partition coefficient (Wildman–Crippen LogP) is 2.97. The van der Waals surface area contributed by atoms with Crippen LogP contribution in [0, 0.1) is 5.41 Å². The van der Waals surface area contributed by atoms with Crippen molar-refractivity contribution in [2.24, 2.45) is 5.41 Å². The molecule has 138 valence electrons. The zero-order valence-electron chi connectivity index (χ0n) is 13.8. The Balaban J connectivity index is 0.00000288. The number of ether oxygens (including phenoxy) is 1. The average molecular weight is 369 g/mol. The molecular weight excluding hydrogens is 345 g/mol. The smallest absolute Gasteiger partial charge is 0.405 e. The highest BCUT2D eigenvalue weighted by Crippen LogP contribution is 2.43. The highest BCUT2D eigenvalue weighted by atomic mass is 35.5. The van der Waals surface area contributed by atoms with Crippen LogP contribution in [0.5, 0.6) is 5.75 Å². The van der Waals surface area contributed by atoms with Gasteiger partial charge in [-0.2, -0.15) is 0 Å². The average Bonchev–Trinajstić information content (AvgIpc) is 2.49. The number of rotatable bonds is 5. The Morgan fingerprint density at radius 1 is 1.21 bits per heavy atom. The lowest BCUT2D eigenvalue weighted by Gasteiger charge is -2.43. The molecule has 0 aromatic heterocycles. The number of halogens is 4. The number of hydrogen-bond donors (Lipinski definition) is 2. The fourth-order valence-electron chi connectivity index (χ4n) is 3.06. The van der Waals surface area contributed by atoms with Gasteiger partial charge in [-0.05, 0) is 6.07 Å². The minimum Gasteiger partial charge on any atom is -0.405 e. The van der Waals surface area contributed by atoms with Gasteiger partial charge in [0.05, 0.1) is 0 Å². The van der Waals surface area contributed by atoms with Gasteiger partial charge in [0, 0.05) is 49.8 Å². The number of benzene rings is 1. The summed E-state index contributed by atoms with van der Waals surface area (Å²) >= 11 is 0. The lowest BCUT2D eigenvalue weighted by molar-refractivity contribution is -0.275. The highest BCUT2D eigenvalue weighted by Gasteiger charge is 2.39. The predicted molar refractivity (Wildman–Crippen MR) is 88.4 cm³/mol. The van der Waals surface area contributed by atoms with Crippen molar-refractivity contribution in [2.75, 3.05) is 32.8 Å². The lowest BCUT2D eigenvalue weighted by Crippen LogP contribution is -2.49. The fourth-order valence-corrected chi connectivity index (χ4v) is 3.06. The number of nitrogens with zero attached hydrogens (tertiary/aromatic N) is 1. The Hall–Kier alpha value is -1.02. The summed E-state index contributed by atoms with van der Waals surface area (Å²) in [6, 6.07) is 5.82. The molecule has 2 rings (SSSR count). The Morgan fingerprint density at radius 2 is 1.79 bits per heavy atom. The summed E-state index contributed by atoms with van der Waals surface area (Å²) in [5.74, 6) is -0.204. The van der Waals surface area contributed by atoms with Crippen LogP contribution in [-0.2, 0) is 0 Å². The summed E-state index contributed by atoms with van der Waals surface area (Å²) in [6.45, 7) is 6.50. The zero-order valence-corrected chi connectivity index (χ0v) is 14.6. The number of hydrogen-bond acceptors (Lipinski definition) is 4. The van der Waals surface area contributed by atoms with Crippen molar-refractivity contribution in [3.8, 4) is 5.75 Å². The molecular formula is C16H24ClF3N2O2. The summed E-state index contributed by atoms with van der Waals surface area (Å²) in [6.07, 6.45) is -4.74. The first-order valence-corrected chi connectivity index (χ1v) is 7.65. The second-order valence-electron chi connectivity index (χ2n) is 6.42. The first-order valence-electron chi connectivity index (χ1n) is 7.65. The van der Waals surface area contributed by atoms with E-state index < -0.39 is 11.8 Å². The maximum atomic E-state index is 12.7. The van der Waals surface area contributed by atoms with Crippen molar-refractivity contribution >= 4 is 12.4 Å². The first kappa shape index (κ1) is 21.0. The molecule has 1 aliphatic rings. The Kier molecular flexibility index (Phi) is 7.34. The summed E-state index contributed by atoms with van der Waals surface area (Å²) in [4.78, 5) is 2.10. The van der Waals surface area contributed by atoms with Crippen molar-refractivity contribution in [3.05, 3.63) is 29.8 Å². The maximum Gasteiger partial charge on any atom is 0.573 e. The van der Waals surface area contributed by atoms with Crippen LogP contribution in [0.2, 0.25) is 0 Å². The van der Waals surface area contributed by atoms with Crippen LogP contribution in [0.3, 0.4) is 0 Å². The van der Waals surface area contributed by atoms with Crippen molar-refractivity contribution in [1.82, 2.24) is 10.2 Å². The van der Waals surface area contributed by atoms with Gasteiger partial charge in [-0.25, -0.2) is 0 Å².